The summed E-state index contributed by atoms with van der Waals surface area (Å²) in [6.07, 6.45) is 0.844. The average Bonchev–Trinajstić information content (AvgIpc) is 2.82. The molecule has 0 spiro atoms. The number of aromatic amines is 1. The molecule has 0 bridgehead atoms. The summed E-state index contributed by atoms with van der Waals surface area (Å²) in [6.45, 7) is 0.878. The molecular weight excluding hydrogens is 234 g/mol. The van der Waals surface area contributed by atoms with Crippen LogP contribution in [-0.4, -0.2) is 17.0 Å². The first-order chi connectivity index (χ1) is 9.35. The summed E-state index contributed by atoms with van der Waals surface area (Å²) in [7, 11) is 1.96. The van der Waals surface area contributed by atoms with Crippen molar-refractivity contribution in [2.24, 2.45) is 0 Å². The number of hydrogen-bond acceptors (Lipinski definition) is 2. The largest absolute Gasteiger partial charge is 0.342 e. The molecule has 0 saturated carbocycles. The lowest BCUT2D eigenvalue weighted by Gasteiger charge is -1.98. The number of rotatable bonds is 4. The van der Waals surface area contributed by atoms with Crippen molar-refractivity contribution in [1.29, 1.82) is 0 Å². The van der Waals surface area contributed by atoms with Gasteiger partial charge < -0.3 is 10.3 Å². The first-order valence-electron chi connectivity index (χ1n) is 6.51. The van der Waals surface area contributed by atoms with Gasteiger partial charge in [-0.3, -0.25) is 0 Å². The Bertz CT molecular complexity index is 671. The fourth-order valence-electron chi connectivity index (χ4n) is 2.30. The zero-order valence-electron chi connectivity index (χ0n) is 11.0. The predicted molar refractivity (Wildman–Crippen MR) is 78.1 cm³/mol. The van der Waals surface area contributed by atoms with Gasteiger partial charge in [-0.05, 0) is 30.3 Å². The van der Waals surface area contributed by atoms with Crippen LogP contribution in [0.5, 0.6) is 0 Å². The van der Waals surface area contributed by atoms with Gasteiger partial charge in [-0.1, -0.05) is 36.4 Å². The summed E-state index contributed by atoms with van der Waals surface area (Å²) >= 11 is 0. The van der Waals surface area contributed by atoms with E-state index in [-0.39, 0.29) is 0 Å². The topological polar surface area (TPSA) is 40.7 Å². The van der Waals surface area contributed by atoms with E-state index in [0.29, 0.717) is 0 Å². The maximum atomic E-state index is 4.63. The van der Waals surface area contributed by atoms with Crippen molar-refractivity contribution < 1.29 is 0 Å². The highest BCUT2D eigenvalue weighted by atomic mass is 14.9. The lowest BCUT2D eigenvalue weighted by Crippen LogP contribution is -2.04. The summed E-state index contributed by atoms with van der Waals surface area (Å²) < 4.78 is 0. The molecular formula is C16H17N3. The summed E-state index contributed by atoms with van der Waals surface area (Å²) in [6, 6.07) is 16.8. The second-order valence-corrected chi connectivity index (χ2v) is 4.73. The van der Waals surface area contributed by atoms with Crippen molar-refractivity contribution >= 4 is 11.0 Å². The van der Waals surface area contributed by atoms with Crippen molar-refractivity contribution in [2.75, 3.05) is 7.05 Å². The standard InChI is InChI=1S/C16H17N3/c1-17-11-13-7-8-14-15(9-13)19-16(18-14)10-12-5-3-2-4-6-12/h2-9,17H,10-11H2,1H3,(H,18,19). The number of nitrogens with zero attached hydrogens (tertiary/aromatic N) is 1. The van der Waals surface area contributed by atoms with Gasteiger partial charge >= 0.3 is 0 Å². The molecule has 1 aromatic heterocycles. The Morgan fingerprint density at radius 1 is 1.05 bits per heavy atom. The van der Waals surface area contributed by atoms with E-state index >= 15 is 0 Å². The molecule has 0 radical (unpaired) electrons. The van der Waals surface area contributed by atoms with Crippen LogP contribution in [0.25, 0.3) is 11.0 Å². The van der Waals surface area contributed by atoms with Crippen LogP contribution in [0.3, 0.4) is 0 Å². The van der Waals surface area contributed by atoms with Crippen LogP contribution in [-0.2, 0) is 13.0 Å². The third-order valence-electron chi connectivity index (χ3n) is 3.19. The van der Waals surface area contributed by atoms with Crippen LogP contribution in [0, 0.1) is 0 Å². The molecule has 96 valence electrons. The highest BCUT2D eigenvalue weighted by Crippen LogP contribution is 2.15. The van der Waals surface area contributed by atoms with Crippen molar-refractivity contribution in [2.45, 2.75) is 13.0 Å². The third kappa shape index (κ3) is 2.66. The number of hydrogen-bond donors (Lipinski definition) is 2. The lowest BCUT2D eigenvalue weighted by atomic mass is 10.1. The van der Waals surface area contributed by atoms with Crippen molar-refractivity contribution in [1.82, 2.24) is 15.3 Å². The van der Waals surface area contributed by atoms with E-state index in [1.54, 1.807) is 0 Å². The van der Waals surface area contributed by atoms with Crippen molar-refractivity contribution in [3.8, 4) is 0 Å². The number of H-pyrrole nitrogens is 1. The molecule has 0 amide bonds. The molecule has 0 saturated heterocycles. The summed E-state index contributed by atoms with van der Waals surface area (Å²) in [4.78, 5) is 8.04. The molecule has 19 heavy (non-hydrogen) atoms. The maximum absolute atomic E-state index is 4.63. The maximum Gasteiger partial charge on any atom is 0.111 e. The SMILES string of the molecule is CNCc1ccc2nc(Cc3ccccc3)[nH]c2c1. The van der Waals surface area contributed by atoms with Crippen LogP contribution in [0.1, 0.15) is 17.0 Å². The normalized spacial score (nSPS) is 11.0. The number of imidazole rings is 1. The highest BCUT2D eigenvalue weighted by Gasteiger charge is 2.04. The second kappa shape index (κ2) is 5.24. The van der Waals surface area contributed by atoms with Gasteiger partial charge in [0.05, 0.1) is 11.0 Å². The van der Waals surface area contributed by atoms with Crippen LogP contribution in [0.4, 0.5) is 0 Å². The van der Waals surface area contributed by atoms with Gasteiger partial charge in [0.25, 0.3) is 0 Å². The Morgan fingerprint density at radius 2 is 1.89 bits per heavy atom. The van der Waals surface area contributed by atoms with Gasteiger partial charge in [0.1, 0.15) is 5.82 Å². The minimum absolute atomic E-state index is 0.844. The van der Waals surface area contributed by atoms with E-state index in [4.69, 9.17) is 0 Å². The fraction of sp³-hybridized carbons (Fsp3) is 0.188. The minimum atomic E-state index is 0.844. The Kier molecular flexibility index (Phi) is 3.29. The molecule has 0 fully saturated rings. The molecule has 3 aromatic rings. The van der Waals surface area contributed by atoms with Gasteiger partial charge in [0, 0.05) is 13.0 Å². The number of fused-ring (bicyclic) bond motifs is 1. The first kappa shape index (κ1) is 11.9. The zero-order valence-corrected chi connectivity index (χ0v) is 11.0. The number of benzene rings is 2. The monoisotopic (exact) mass is 251 g/mol. The third-order valence-corrected chi connectivity index (χ3v) is 3.19. The molecule has 2 aromatic carbocycles. The van der Waals surface area contributed by atoms with E-state index in [1.807, 2.05) is 13.1 Å². The van der Waals surface area contributed by atoms with E-state index < -0.39 is 0 Å². The quantitative estimate of drug-likeness (QED) is 0.748. The van der Waals surface area contributed by atoms with E-state index in [0.717, 1.165) is 29.8 Å². The Balaban J connectivity index is 1.89. The van der Waals surface area contributed by atoms with Crippen LogP contribution in [0.2, 0.25) is 0 Å². The molecule has 3 rings (SSSR count). The highest BCUT2D eigenvalue weighted by molar-refractivity contribution is 5.75. The van der Waals surface area contributed by atoms with Crippen LogP contribution < -0.4 is 5.32 Å². The molecule has 0 unspecified atom stereocenters. The van der Waals surface area contributed by atoms with E-state index in [9.17, 15) is 0 Å². The Labute approximate surface area is 112 Å². The van der Waals surface area contributed by atoms with Crippen LogP contribution in [0.15, 0.2) is 48.5 Å². The van der Waals surface area contributed by atoms with Gasteiger partial charge in [-0.2, -0.15) is 0 Å². The summed E-state index contributed by atoms with van der Waals surface area (Å²) in [5, 5.41) is 3.16. The van der Waals surface area contributed by atoms with Gasteiger partial charge in [0.15, 0.2) is 0 Å². The second-order valence-electron chi connectivity index (χ2n) is 4.73. The number of aromatic nitrogens is 2. The zero-order chi connectivity index (χ0) is 13.1. The summed E-state index contributed by atoms with van der Waals surface area (Å²) in [5.74, 6) is 1.02. The Morgan fingerprint density at radius 3 is 2.68 bits per heavy atom. The average molecular weight is 251 g/mol. The van der Waals surface area contributed by atoms with Crippen LogP contribution >= 0.6 is 0 Å². The number of nitrogens with one attached hydrogen (secondary N) is 2. The molecule has 3 nitrogen and oxygen atoms in total. The lowest BCUT2D eigenvalue weighted by molar-refractivity contribution is 0.819. The molecule has 0 aliphatic carbocycles. The van der Waals surface area contributed by atoms with E-state index in [1.165, 1.54) is 11.1 Å². The van der Waals surface area contributed by atoms with Gasteiger partial charge in [0.2, 0.25) is 0 Å². The molecule has 1 heterocycles. The summed E-state index contributed by atoms with van der Waals surface area (Å²) in [5.41, 5.74) is 4.69. The smallest absolute Gasteiger partial charge is 0.111 e. The molecule has 2 N–H and O–H groups in total. The van der Waals surface area contributed by atoms with E-state index in [2.05, 4.69) is 57.7 Å². The Hall–Kier alpha value is -2.13. The van der Waals surface area contributed by atoms with Crippen molar-refractivity contribution in [3.63, 3.8) is 0 Å². The predicted octanol–water partition coefficient (Wildman–Crippen LogP) is 2.87. The van der Waals surface area contributed by atoms with Crippen molar-refractivity contribution in [3.05, 3.63) is 65.5 Å². The van der Waals surface area contributed by atoms with Gasteiger partial charge in [-0.25, -0.2) is 4.98 Å². The molecule has 0 aliphatic heterocycles. The van der Waals surface area contributed by atoms with Gasteiger partial charge in [-0.15, -0.1) is 0 Å². The molecule has 3 heteroatoms. The molecule has 0 atom stereocenters. The minimum Gasteiger partial charge on any atom is -0.342 e. The molecule has 0 aliphatic rings. The fourth-order valence-corrected chi connectivity index (χ4v) is 2.30. The first-order valence-corrected chi connectivity index (χ1v) is 6.51.